The van der Waals surface area contributed by atoms with Crippen LogP contribution in [0.5, 0.6) is 0 Å². The van der Waals surface area contributed by atoms with Crippen LogP contribution in [0.25, 0.3) is 0 Å². The van der Waals surface area contributed by atoms with E-state index in [4.69, 9.17) is 0 Å². The topological polar surface area (TPSA) is 58.2 Å². The molecule has 0 saturated carbocycles. The van der Waals surface area contributed by atoms with Gasteiger partial charge in [-0.15, -0.1) is 6.58 Å². The molecule has 1 heterocycles. The summed E-state index contributed by atoms with van der Waals surface area (Å²) in [6.45, 7) is 4.45. The highest BCUT2D eigenvalue weighted by Gasteiger charge is 2.18. The molecule has 0 aromatic carbocycles. The Labute approximate surface area is 128 Å². The van der Waals surface area contributed by atoms with Gasteiger partial charge in [0.05, 0.1) is 0 Å². The van der Waals surface area contributed by atoms with E-state index in [9.17, 15) is 9.59 Å². The summed E-state index contributed by atoms with van der Waals surface area (Å²) in [4.78, 5) is 23.3. The first-order valence-corrected chi connectivity index (χ1v) is 8.39. The predicted molar refractivity (Wildman–Crippen MR) is 85.9 cm³/mol. The van der Waals surface area contributed by atoms with Crippen molar-refractivity contribution in [2.75, 3.05) is 6.54 Å². The lowest BCUT2D eigenvalue weighted by molar-refractivity contribution is -0.123. The summed E-state index contributed by atoms with van der Waals surface area (Å²) in [6.07, 6.45) is 12.9. The normalized spacial score (nSPS) is 18.7. The van der Waals surface area contributed by atoms with Gasteiger partial charge in [0.2, 0.25) is 11.8 Å². The Morgan fingerprint density at radius 3 is 2.71 bits per heavy atom. The molecule has 2 N–H and O–H groups in total. The van der Waals surface area contributed by atoms with Crippen LogP contribution in [0.2, 0.25) is 0 Å². The summed E-state index contributed by atoms with van der Waals surface area (Å²) in [5.74, 6) is 0.152. The lowest BCUT2D eigenvalue weighted by Gasteiger charge is -2.15. The van der Waals surface area contributed by atoms with Crippen molar-refractivity contribution in [2.45, 2.75) is 76.7 Å². The second-order valence-corrected chi connectivity index (χ2v) is 5.91. The summed E-state index contributed by atoms with van der Waals surface area (Å²) in [6, 6.07) is 0.0268. The van der Waals surface area contributed by atoms with Crippen LogP contribution in [0.1, 0.15) is 70.6 Å². The number of allylic oxidation sites excluding steroid dienone is 1. The highest BCUT2D eigenvalue weighted by Crippen LogP contribution is 2.10. The average molecular weight is 294 g/mol. The first-order chi connectivity index (χ1) is 10.2. The molecule has 21 heavy (non-hydrogen) atoms. The van der Waals surface area contributed by atoms with Crippen LogP contribution in [0.15, 0.2) is 12.7 Å². The van der Waals surface area contributed by atoms with Crippen molar-refractivity contribution in [3.8, 4) is 0 Å². The van der Waals surface area contributed by atoms with Gasteiger partial charge in [-0.3, -0.25) is 9.59 Å². The van der Waals surface area contributed by atoms with E-state index in [1.165, 1.54) is 25.7 Å². The van der Waals surface area contributed by atoms with E-state index in [1.807, 2.05) is 6.08 Å². The van der Waals surface area contributed by atoms with Crippen molar-refractivity contribution in [1.29, 1.82) is 0 Å². The van der Waals surface area contributed by atoms with E-state index in [0.717, 1.165) is 38.6 Å². The molecule has 1 atom stereocenters. The Bertz CT molecular complexity index is 329. The summed E-state index contributed by atoms with van der Waals surface area (Å²) in [7, 11) is 0. The SMILES string of the molecule is C=CCCCCCCCCC(=O)NC1CCCNC(=O)C1. The lowest BCUT2D eigenvalue weighted by atomic mass is 10.1. The van der Waals surface area contributed by atoms with Gasteiger partial charge >= 0.3 is 0 Å². The first-order valence-electron chi connectivity index (χ1n) is 8.39. The smallest absolute Gasteiger partial charge is 0.222 e. The molecular formula is C17H30N2O2. The fraction of sp³-hybridized carbons (Fsp3) is 0.765. The Morgan fingerprint density at radius 2 is 1.95 bits per heavy atom. The second-order valence-electron chi connectivity index (χ2n) is 5.91. The van der Waals surface area contributed by atoms with Crippen molar-refractivity contribution in [3.63, 3.8) is 0 Å². The highest BCUT2D eigenvalue weighted by atomic mass is 16.2. The summed E-state index contributed by atoms with van der Waals surface area (Å²) < 4.78 is 0. The quantitative estimate of drug-likeness (QED) is 0.480. The molecule has 0 spiro atoms. The molecule has 4 nitrogen and oxygen atoms in total. The molecule has 1 aliphatic rings. The zero-order chi connectivity index (χ0) is 15.3. The molecule has 1 rings (SSSR count). The third kappa shape index (κ3) is 9.27. The van der Waals surface area contributed by atoms with Gasteiger partial charge in [0.15, 0.2) is 0 Å². The molecule has 0 aromatic rings. The van der Waals surface area contributed by atoms with Crippen LogP contribution in [-0.4, -0.2) is 24.4 Å². The molecule has 0 aliphatic carbocycles. The maximum atomic E-state index is 11.9. The lowest BCUT2D eigenvalue weighted by Crippen LogP contribution is -2.36. The second kappa shape index (κ2) is 11.4. The van der Waals surface area contributed by atoms with E-state index in [1.54, 1.807) is 0 Å². The number of rotatable bonds is 10. The van der Waals surface area contributed by atoms with Crippen LogP contribution in [0.3, 0.4) is 0 Å². The number of carbonyl (C=O) groups excluding carboxylic acids is 2. The van der Waals surface area contributed by atoms with E-state index in [2.05, 4.69) is 17.2 Å². The summed E-state index contributed by atoms with van der Waals surface area (Å²) in [5.41, 5.74) is 0. The largest absolute Gasteiger partial charge is 0.356 e. The Kier molecular flexibility index (Phi) is 9.58. The van der Waals surface area contributed by atoms with E-state index in [0.29, 0.717) is 12.8 Å². The molecule has 0 radical (unpaired) electrons. The molecule has 4 heteroatoms. The monoisotopic (exact) mass is 294 g/mol. The predicted octanol–water partition coefficient (Wildman–Crippen LogP) is 3.08. The van der Waals surface area contributed by atoms with E-state index < -0.39 is 0 Å². The van der Waals surface area contributed by atoms with Gasteiger partial charge in [-0.1, -0.05) is 31.8 Å². The maximum Gasteiger partial charge on any atom is 0.222 e. The molecule has 120 valence electrons. The van der Waals surface area contributed by atoms with Gasteiger partial charge in [-0.2, -0.15) is 0 Å². The maximum absolute atomic E-state index is 11.9. The third-order valence-electron chi connectivity index (χ3n) is 3.91. The van der Waals surface area contributed by atoms with E-state index in [-0.39, 0.29) is 17.9 Å². The summed E-state index contributed by atoms with van der Waals surface area (Å²) >= 11 is 0. The minimum absolute atomic E-state index is 0.0268. The minimum atomic E-state index is 0.0268. The summed E-state index contributed by atoms with van der Waals surface area (Å²) in [5, 5.41) is 5.83. The molecule has 0 bridgehead atoms. The Balaban J connectivity index is 2.00. The van der Waals surface area contributed by atoms with Crippen LogP contribution in [-0.2, 0) is 9.59 Å². The molecule has 1 saturated heterocycles. The molecule has 1 fully saturated rings. The van der Waals surface area contributed by atoms with Gasteiger partial charge in [-0.05, 0) is 32.1 Å². The number of carbonyl (C=O) groups is 2. The van der Waals surface area contributed by atoms with Gasteiger partial charge in [0, 0.05) is 25.4 Å². The van der Waals surface area contributed by atoms with Crippen molar-refractivity contribution < 1.29 is 9.59 Å². The number of unbranched alkanes of at least 4 members (excludes halogenated alkanes) is 6. The Hall–Kier alpha value is -1.32. The molecule has 2 amide bonds. The van der Waals surface area contributed by atoms with E-state index >= 15 is 0 Å². The minimum Gasteiger partial charge on any atom is -0.356 e. The van der Waals surface area contributed by atoms with Crippen LogP contribution < -0.4 is 10.6 Å². The first kappa shape index (κ1) is 17.7. The van der Waals surface area contributed by atoms with Gasteiger partial charge < -0.3 is 10.6 Å². The molecule has 1 unspecified atom stereocenters. The molecule has 0 aromatic heterocycles. The molecule has 1 aliphatic heterocycles. The average Bonchev–Trinajstić information content (AvgIpc) is 2.66. The molecular weight excluding hydrogens is 264 g/mol. The number of amides is 2. The van der Waals surface area contributed by atoms with Crippen molar-refractivity contribution >= 4 is 11.8 Å². The number of hydrogen-bond donors (Lipinski definition) is 2. The van der Waals surface area contributed by atoms with Crippen LogP contribution in [0.4, 0.5) is 0 Å². The van der Waals surface area contributed by atoms with Crippen molar-refractivity contribution in [2.24, 2.45) is 0 Å². The van der Waals surface area contributed by atoms with Crippen LogP contribution >= 0.6 is 0 Å². The van der Waals surface area contributed by atoms with Gasteiger partial charge in [0.25, 0.3) is 0 Å². The fourth-order valence-electron chi connectivity index (χ4n) is 2.68. The standard InChI is InChI=1S/C17H30N2O2/c1-2-3-4-5-6-7-8-9-12-16(20)19-15-11-10-13-18-17(21)14-15/h2,15H,1,3-14H2,(H,18,21)(H,19,20). The number of nitrogens with one attached hydrogen (secondary N) is 2. The van der Waals surface area contributed by atoms with Crippen molar-refractivity contribution in [3.05, 3.63) is 12.7 Å². The zero-order valence-corrected chi connectivity index (χ0v) is 13.2. The highest BCUT2D eigenvalue weighted by molar-refractivity contribution is 5.79. The Morgan fingerprint density at radius 1 is 1.24 bits per heavy atom. The zero-order valence-electron chi connectivity index (χ0n) is 13.2. The number of hydrogen-bond acceptors (Lipinski definition) is 2. The third-order valence-corrected chi connectivity index (χ3v) is 3.91. The fourth-order valence-corrected chi connectivity index (χ4v) is 2.68. The van der Waals surface area contributed by atoms with Gasteiger partial charge in [0.1, 0.15) is 0 Å². The van der Waals surface area contributed by atoms with Crippen molar-refractivity contribution in [1.82, 2.24) is 10.6 Å². The van der Waals surface area contributed by atoms with Crippen LogP contribution in [0, 0.1) is 0 Å². The van der Waals surface area contributed by atoms with Gasteiger partial charge in [-0.25, -0.2) is 0 Å².